The summed E-state index contributed by atoms with van der Waals surface area (Å²) in [7, 11) is 4.12. The lowest BCUT2D eigenvalue weighted by Crippen LogP contribution is -2.46. The van der Waals surface area contributed by atoms with Crippen molar-refractivity contribution in [1.82, 2.24) is 15.2 Å². The summed E-state index contributed by atoms with van der Waals surface area (Å²) in [6, 6.07) is 5.89. The van der Waals surface area contributed by atoms with Crippen LogP contribution >= 0.6 is 0 Å². The highest BCUT2D eigenvalue weighted by Gasteiger charge is 2.19. The maximum absolute atomic E-state index is 8.92. The summed E-state index contributed by atoms with van der Waals surface area (Å²) in [6.45, 7) is 5.89. The van der Waals surface area contributed by atoms with Crippen molar-refractivity contribution in [2.75, 3.05) is 20.6 Å². The van der Waals surface area contributed by atoms with Gasteiger partial charge in [-0.2, -0.15) is 5.26 Å². The van der Waals surface area contributed by atoms with Gasteiger partial charge in [0.15, 0.2) is 0 Å². The number of rotatable bonds is 5. The maximum Gasteiger partial charge on any atom is 0.144 e. The van der Waals surface area contributed by atoms with E-state index in [1.165, 1.54) is 0 Å². The largest absolute Gasteiger partial charge is 0.311 e. The summed E-state index contributed by atoms with van der Waals surface area (Å²) in [6.07, 6.45) is 1.64. The topological polar surface area (TPSA) is 52.0 Å². The van der Waals surface area contributed by atoms with E-state index < -0.39 is 0 Å². The van der Waals surface area contributed by atoms with Crippen LogP contribution in [0.15, 0.2) is 18.3 Å². The van der Waals surface area contributed by atoms with Crippen molar-refractivity contribution in [2.45, 2.75) is 25.9 Å². The van der Waals surface area contributed by atoms with E-state index in [4.69, 9.17) is 5.26 Å². The quantitative estimate of drug-likeness (QED) is 0.833. The average molecular weight is 232 g/mol. The monoisotopic (exact) mass is 232 g/mol. The number of aromatic nitrogens is 1. The van der Waals surface area contributed by atoms with Gasteiger partial charge in [0.1, 0.15) is 11.8 Å². The van der Waals surface area contributed by atoms with Crippen LogP contribution in [0.25, 0.3) is 0 Å². The first kappa shape index (κ1) is 13.6. The molecule has 0 aliphatic rings. The Kier molecular flexibility index (Phi) is 4.62. The molecule has 4 heteroatoms. The van der Waals surface area contributed by atoms with Crippen LogP contribution in [0.3, 0.4) is 0 Å². The highest BCUT2D eigenvalue weighted by Crippen LogP contribution is 2.09. The van der Waals surface area contributed by atoms with Gasteiger partial charge < -0.3 is 10.2 Å². The molecule has 0 unspecified atom stereocenters. The smallest absolute Gasteiger partial charge is 0.144 e. The summed E-state index contributed by atoms with van der Waals surface area (Å²) in [4.78, 5) is 6.21. The molecule has 4 nitrogen and oxygen atoms in total. The number of hydrogen-bond acceptors (Lipinski definition) is 4. The zero-order chi connectivity index (χ0) is 12.9. The fraction of sp³-hybridized carbons (Fsp3) is 0.538. The molecule has 1 rings (SSSR count). The van der Waals surface area contributed by atoms with Crippen molar-refractivity contribution in [1.29, 1.82) is 5.26 Å². The molecule has 0 saturated heterocycles. The fourth-order valence-corrected chi connectivity index (χ4v) is 1.34. The van der Waals surface area contributed by atoms with Crippen molar-refractivity contribution < 1.29 is 0 Å². The van der Waals surface area contributed by atoms with Gasteiger partial charge in [0, 0.05) is 30.4 Å². The van der Waals surface area contributed by atoms with Crippen LogP contribution in [0.5, 0.6) is 0 Å². The molecule has 1 aromatic heterocycles. The molecule has 0 atom stereocenters. The van der Waals surface area contributed by atoms with Crippen molar-refractivity contribution in [3.63, 3.8) is 0 Å². The van der Waals surface area contributed by atoms with E-state index in [1.807, 2.05) is 12.1 Å². The first-order valence-corrected chi connectivity index (χ1v) is 5.69. The molecule has 0 fully saturated rings. The van der Waals surface area contributed by atoms with Crippen LogP contribution in [0.4, 0.5) is 0 Å². The summed E-state index contributed by atoms with van der Waals surface area (Å²) in [5, 5.41) is 12.3. The van der Waals surface area contributed by atoms with E-state index in [2.05, 4.69) is 49.2 Å². The maximum atomic E-state index is 8.92. The summed E-state index contributed by atoms with van der Waals surface area (Å²) in [5.41, 5.74) is 1.54. The SMILES string of the molecule is CN(C)C(C)(C)CNCc1cccnc1C#N. The number of hydrogen-bond donors (Lipinski definition) is 1. The molecule has 0 aliphatic heterocycles. The second-order valence-corrected chi connectivity index (χ2v) is 4.93. The molecule has 1 N–H and O–H groups in total. The van der Waals surface area contributed by atoms with E-state index in [1.54, 1.807) is 6.20 Å². The number of likely N-dealkylation sites (N-methyl/N-ethyl adjacent to an activating group) is 1. The first-order chi connectivity index (χ1) is 7.97. The van der Waals surface area contributed by atoms with Crippen molar-refractivity contribution in [3.8, 4) is 6.07 Å². The first-order valence-electron chi connectivity index (χ1n) is 5.69. The molecule has 0 amide bonds. The Morgan fingerprint density at radius 3 is 2.76 bits per heavy atom. The predicted octanol–water partition coefficient (Wildman–Crippen LogP) is 1.38. The lowest BCUT2D eigenvalue weighted by Gasteiger charge is -2.32. The highest BCUT2D eigenvalue weighted by atomic mass is 15.2. The van der Waals surface area contributed by atoms with Gasteiger partial charge in [-0.15, -0.1) is 0 Å². The minimum absolute atomic E-state index is 0.0923. The Balaban J connectivity index is 2.55. The number of nitrogens with one attached hydrogen (secondary N) is 1. The Labute approximate surface area is 103 Å². The van der Waals surface area contributed by atoms with E-state index in [0.717, 1.165) is 12.1 Å². The molecule has 0 bridgehead atoms. The molecule has 0 aliphatic carbocycles. The van der Waals surface area contributed by atoms with Crippen molar-refractivity contribution >= 4 is 0 Å². The van der Waals surface area contributed by atoms with Crippen LogP contribution in [0, 0.1) is 11.3 Å². The van der Waals surface area contributed by atoms with E-state index in [9.17, 15) is 0 Å². The van der Waals surface area contributed by atoms with Gasteiger partial charge >= 0.3 is 0 Å². The Morgan fingerprint density at radius 1 is 1.47 bits per heavy atom. The van der Waals surface area contributed by atoms with Gasteiger partial charge in [-0.1, -0.05) is 6.07 Å². The zero-order valence-electron chi connectivity index (χ0n) is 11.0. The van der Waals surface area contributed by atoms with Crippen LogP contribution in [0.2, 0.25) is 0 Å². The van der Waals surface area contributed by atoms with Crippen LogP contribution in [0.1, 0.15) is 25.1 Å². The third-order valence-electron chi connectivity index (χ3n) is 3.08. The summed E-state index contributed by atoms with van der Waals surface area (Å²) < 4.78 is 0. The third kappa shape index (κ3) is 3.81. The number of nitriles is 1. The molecule has 92 valence electrons. The van der Waals surface area contributed by atoms with Crippen LogP contribution < -0.4 is 5.32 Å². The summed E-state index contributed by atoms with van der Waals surface area (Å²) in [5.74, 6) is 0. The number of pyridine rings is 1. The number of nitrogens with zero attached hydrogens (tertiary/aromatic N) is 3. The minimum atomic E-state index is 0.0923. The highest BCUT2D eigenvalue weighted by molar-refractivity contribution is 5.30. The molecule has 0 saturated carbocycles. The Morgan fingerprint density at radius 2 is 2.18 bits per heavy atom. The second kappa shape index (κ2) is 5.76. The molecular formula is C13H20N4. The molecule has 0 aromatic carbocycles. The van der Waals surface area contributed by atoms with Crippen LogP contribution in [-0.4, -0.2) is 36.1 Å². The normalized spacial score (nSPS) is 11.5. The van der Waals surface area contributed by atoms with Gasteiger partial charge in [-0.25, -0.2) is 4.98 Å². The molecule has 17 heavy (non-hydrogen) atoms. The van der Waals surface area contributed by atoms with Gasteiger partial charge in [0.25, 0.3) is 0 Å². The van der Waals surface area contributed by atoms with Crippen molar-refractivity contribution in [3.05, 3.63) is 29.6 Å². The molecule has 0 spiro atoms. The van der Waals surface area contributed by atoms with Crippen molar-refractivity contribution in [2.24, 2.45) is 0 Å². The zero-order valence-corrected chi connectivity index (χ0v) is 11.0. The predicted molar refractivity (Wildman–Crippen MR) is 68.4 cm³/mol. The average Bonchev–Trinajstić information content (AvgIpc) is 2.29. The molecular weight excluding hydrogens is 212 g/mol. The lowest BCUT2D eigenvalue weighted by molar-refractivity contribution is 0.189. The van der Waals surface area contributed by atoms with E-state index >= 15 is 0 Å². The second-order valence-electron chi connectivity index (χ2n) is 4.93. The van der Waals surface area contributed by atoms with Gasteiger partial charge in [0.05, 0.1) is 0 Å². The van der Waals surface area contributed by atoms with E-state index in [-0.39, 0.29) is 5.54 Å². The van der Waals surface area contributed by atoms with E-state index in [0.29, 0.717) is 12.2 Å². The molecule has 0 radical (unpaired) electrons. The fourth-order valence-electron chi connectivity index (χ4n) is 1.34. The lowest BCUT2D eigenvalue weighted by atomic mass is 10.0. The third-order valence-corrected chi connectivity index (χ3v) is 3.08. The van der Waals surface area contributed by atoms with Gasteiger partial charge in [0.2, 0.25) is 0 Å². The standard InChI is InChI=1S/C13H20N4/c1-13(2,17(3)4)10-15-9-11-6-5-7-16-12(11)8-14/h5-7,15H,9-10H2,1-4H3. The summed E-state index contributed by atoms with van der Waals surface area (Å²) >= 11 is 0. The Bertz CT molecular complexity index is 404. The molecule has 1 aromatic rings. The van der Waals surface area contributed by atoms with Gasteiger partial charge in [-0.05, 0) is 34.0 Å². The van der Waals surface area contributed by atoms with Crippen LogP contribution in [-0.2, 0) is 6.54 Å². The molecule has 1 heterocycles. The van der Waals surface area contributed by atoms with Gasteiger partial charge in [-0.3, -0.25) is 0 Å². The minimum Gasteiger partial charge on any atom is -0.311 e. The Hall–Kier alpha value is -1.44.